The maximum atomic E-state index is 13.7. The Kier molecular flexibility index (Phi) is 9.26. The van der Waals surface area contributed by atoms with Crippen molar-refractivity contribution in [3.05, 3.63) is 87.1 Å². The highest BCUT2D eigenvalue weighted by molar-refractivity contribution is 8.00. The van der Waals surface area contributed by atoms with Gasteiger partial charge in [0.2, 0.25) is 5.91 Å². The smallest absolute Gasteiger partial charge is 0.257 e. The molecule has 8 heteroatoms. The van der Waals surface area contributed by atoms with E-state index in [1.165, 1.54) is 35.1 Å². The number of rotatable bonds is 9. The molecule has 0 spiro atoms. The Hall–Kier alpha value is -3.13. The number of aromatic nitrogens is 2. The number of nitrogens with zero attached hydrogens (tertiary/aromatic N) is 4. The normalized spacial score (nSPS) is 14.6. The van der Waals surface area contributed by atoms with Crippen molar-refractivity contribution in [2.75, 3.05) is 31.1 Å². The highest BCUT2D eigenvalue weighted by atomic mass is 32.2. The molecule has 0 saturated carbocycles. The molecule has 1 aromatic heterocycles. The van der Waals surface area contributed by atoms with Crippen molar-refractivity contribution in [1.82, 2.24) is 14.5 Å². The molecular weight excluding hydrogens is 499 g/mol. The lowest BCUT2D eigenvalue weighted by Gasteiger charge is -2.38. The Balaban J connectivity index is 1.49. The fourth-order valence-electron chi connectivity index (χ4n) is 4.88. The average Bonchev–Trinajstić information content (AvgIpc) is 2.92. The number of para-hydroxylation sites is 1. The summed E-state index contributed by atoms with van der Waals surface area (Å²) in [6.07, 6.45) is 3.06. The molecule has 0 N–H and O–H groups in total. The van der Waals surface area contributed by atoms with Gasteiger partial charge in [0.25, 0.3) is 5.56 Å². The van der Waals surface area contributed by atoms with Gasteiger partial charge < -0.3 is 9.80 Å². The van der Waals surface area contributed by atoms with E-state index < -0.39 is 0 Å². The lowest BCUT2D eigenvalue weighted by atomic mass is 10.1. The SMILES string of the molecule is CCCCC(Sc1nc(C)c(Cc2ccc(F)cc2)c(=O)n1C)C(=O)N1CCN(c2ccccc2C)CC1. The number of amides is 1. The van der Waals surface area contributed by atoms with E-state index in [0.717, 1.165) is 37.9 Å². The quantitative estimate of drug-likeness (QED) is 0.280. The number of aryl methyl sites for hydroxylation is 2. The molecule has 0 radical (unpaired) electrons. The van der Waals surface area contributed by atoms with E-state index in [9.17, 15) is 14.0 Å². The third-order valence-electron chi connectivity index (χ3n) is 7.23. The first kappa shape index (κ1) is 27.9. The molecule has 2 heterocycles. The van der Waals surface area contributed by atoms with Crippen molar-refractivity contribution >= 4 is 23.4 Å². The summed E-state index contributed by atoms with van der Waals surface area (Å²) in [4.78, 5) is 36.0. The zero-order chi connectivity index (χ0) is 27.2. The van der Waals surface area contributed by atoms with Gasteiger partial charge in [-0.3, -0.25) is 14.2 Å². The number of hydrogen-bond acceptors (Lipinski definition) is 5. The van der Waals surface area contributed by atoms with Crippen LogP contribution in [-0.2, 0) is 18.3 Å². The first-order valence-corrected chi connectivity index (χ1v) is 14.2. The van der Waals surface area contributed by atoms with Crippen molar-refractivity contribution < 1.29 is 9.18 Å². The van der Waals surface area contributed by atoms with E-state index in [0.29, 0.717) is 35.9 Å². The second-order valence-corrected chi connectivity index (χ2v) is 11.1. The van der Waals surface area contributed by atoms with Crippen LogP contribution >= 0.6 is 11.8 Å². The van der Waals surface area contributed by atoms with Crippen LogP contribution < -0.4 is 10.5 Å². The van der Waals surface area contributed by atoms with E-state index >= 15 is 0 Å². The lowest BCUT2D eigenvalue weighted by Crippen LogP contribution is -2.51. The summed E-state index contributed by atoms with van der Waals surface area (Å²) < 4.78 is 14.9. The number of benzene rings is 2. The second-order valence-electron chi connectivity index (χ2n) is 9.97. The van der Waals surface area contributed by atoms with Crippen molar-refractivity contribution in [2.45, 2.75) is 56.9 Å². The van der Waals surface area contributed by atoms with Crippen LogP contribution in [-0.4, -0.2) is 51.8 Å². The van der Waals surface area contributed by atoms with Gasteiger partial charge in [0.15, 0.2) is 5.16 Å². The minimum Gasteiger partial charge on any atom is -0.368 e. The molecule has 1 saturated heterocycles. The summed E-state index contributed by atoms with van der Waals surface area (Å²) in [6.45, 7) is 9.03. The van der Waals surface area contributed by atoms with Crippen LogP contribution in [0.1, 0.15) is 48.6 Å². The van der Waals surface area contributed by atoms with Crippen LogP contribution in [0.4, 0.5) is 10.1 Å². The molecule has 38 heavy (non-hydrogen) atoms. The minimum atomic E-state index is -0.303. The Morgan fingerprint density at radius 3 is 2.39 bits per heavy atom. The molecule has 1 atom stereocenters. The van der Waals surface area contributed by atoms with Crippen LogP contribution in [0.25, 0.3) is 0 Å². The number of halogens is 1. The van der Waals surface area contributed by atoms with Gasteiger partial charge in [0.05, 0.1) is 5.25 Å². The highest BCUT2D eigenvalue weighted by Crippen LogP contribution is 2.28. The average molecular weight is 537 g/mol. The Labute approximate surface area is 228 Å². The Morgan fingerprint density at radius 2 is 1.74 bits per heavy atom. The molecule has 3 aromatic rings. The number of unbranched alkanes of at least 4 members (excludes halogenated alkanes) is 1. The van der Waals surface area contributed by atoms with Gasteiger partial charge in [-0.05, 0) is 49.6 Å². The summed E-state index contributed by atoms with van der Waals surface area (Å²) in [5.41, 5.74) is 4.44. The minimum absolute atomic E-state index is 0.121. The predicted octanol–water partition coefficient (Wildman–Crippen LogP) is 5.13. The fraction of sp³-hybridized carbons (Fsp3) is 0.433. The summed E-state index contributed by atoms with van der Waals surface area (Å²) in [5.74, 6) is -0.183. The largest absolute Gasteiger partial charge is 0.368 e. The molecule has 6 nitrogen and oxygen atoms in total. The monoisotopic (exact) mass is 536 g/mol. The molecule has 0 bridgehead atoms. The molecule has 1 aliphatic heterocycles. The zero-order valence-corrected chi connectivity index (χ0v) is 23.6. The first-order valence-electron chi connectivity index (χ1n) is 13.4. The molecule has 202 valence electrons. The van der Waals surface area contributed by atoms with Gasteiger partial charge in [-0.1, -0.05) is 61.9 Å². The van der Waals surface area contributed by atoms with Gasteiger partial charge in [-0.2, -0.15) is 0 Å². The number of carbonyl (C=O) groups is 1. The van der Waals surface area contributed by atoms with Gasteiger partial charge in [-0.25, -0.2) is 9.37 Å². The zero-order valence-electron chi connectivity index (χ0n) is 22.7. The lowest BCUT2D eigenvalue weighted by molar-refractivity contribution is -0.131. The molecular formula is C30H37FN4O2S. The number of anilines is 1. The Morgan fingerprint density at radius 1 is 1.05 bits per heavy atom. The summed E-state index contributed by atoms with van der Waals surface area (Å²) in [6, 6.07) is 14.5. The van der Waals surface area contributed by atoms with Gasteiger partial charge >= 0.3 is 0 Å². The van der Waals surface area contributed by atoms with Crippen LogP contribution in [0, 0.1) is 19.7 Å². The number of carbonyl (C=O) groups excluding carboxylic acids is 1. The highest BCUT2D eigenvalue weighted by Gasteiger charge is 2.30. The number of hydrogen-bond donors (Lipinski definition) is 0. The maximum absolute atomic E-state index is 13.7. The topological polar surface area (TPSA) is 58.4 Å². The fourth-order valence-corrected chi connectivity index (χ4v) is 6.10. The summed E-state index contributed by atoms with van der Waals surface area (Å²) >= 11 is 1.40. The van der Waals surface area contributed by atoms with Crippen LogP contribution in [0.5, 0.6) is 0 Å². The van der Waals surface area contributed by atoms with Crippen LogP contribution in [0.15, 0.2) is 58.5 Å². The van der Waals surface area contributed by atoms with E-state index in [2.05, 4.69) is 36.9 Å². The van der Waals surface area contributed by atoms with Gasteiger partial charge in [-0.15, -0.1) is 0 Å². The van der Waals surface area contributed by atoms with E-state index in [4.69, 9.17) is 4.98 Å². The van der Waals surface area contributed by atoms with Crippen LogP contribution in [0.3, 0.4) is 0 Å². The third-order valence-corrected chi connectivity index (χ3v) is 8.53. The first-order chi connectivity index (χ1) is 18.3. The van der Waals surface area contributed by atoms with Gasteiger partial charge in [0, 0.05) is 56.6 Å². The number of piperazine rings is 1. The van der Waals surface area contributed by atoms with Gasteiger partial charge in [0.1, 0.15) is 5.82 Å². The predicted molar refractivity (Wildman–Crippen MR) is 153 cm³/mol. The van der Waals surface area contributed by atoms with E-state index in [1.807, 2.05) is 17.9 Å². The van der Waals surface area contributed by atoms with Crippen molar-refractivity contribution in [1.29, 1.82) is 0 Å². The molecule has 2 aromatic carbocycles. The standard InChI is InChI=1S/C30H37FN4O2S/c1-5-6-11-27(29(37)35-18-16-34(17-19-35)26-10-8-7-9-21(26)2)38-30-32-22(3)25(28(36)33(30)4)20-23-12-14-24(31)15-13-23/h7-10,12-15,27H,5-6,11,16-20H2,1-4H3. The molecule has 1 amide bonds. The molecule has 1 aliphatic rings. The maximum Gasteiger partial charge on any atom is 0.257 e. The number of thioether (sulfide) groups is 1. The van der Waals surface area contributed by atoms with E-state index in [1.54, 1.807) is 23.7 Å². The summed E-state index contributed by atoms with van der Waals surface area (Å²) in [7, 11) is 1.72. The van der Waals surface area contributed by atoms with E-state index in [-0.39, 0.29) is 22.5 Å². The third kappa shape index (κ3) is 6.46. The molecule has 0 aliphatic carbocycles. The van der Waals surface area contributed by atoms with Crippen LogP contribution in [0.2, 0.25) is 0 Å². The summed E-state index contributed by atoms with van der Waals surface area (Å²) in [5, 5.41) is 0.267. The van der Waals surface area contributed by atoms with Crippen molar-refractivity contribution in [3.63, 3.8) is 0 Å². The second kappa shape index (κ2) is 12.6. The molecule has 1 fully saturated rings. The Bertz CT molecular complexity index is 1320. The van der Waals surface area contributed by atoms with Crippen molar-refractivity contribution in [3.8, 4) is 0 Å². The van der Waals surface area contributed by atoms with Crippen molar-refractivity contribution in [2.24, 2.45) is 7.05 Å². The molecule has 4 rings (SSSR count). The molecule has 1 unspecified atom stereocenters.